The largest absolute Gasteiger partial charge is 0.481 e. The second-order valence-electron chi connectivity index (χ2n) is 4.63. The van der Waals surface area contributed by atoms with Gasteiger partial charge < -0.3 is 31.4 Å². The van der Waals surface area contributed by atoms with E-state index in [4.69, 9.17) is 26.2 Å². The van der Waals surface area contributed by atoms with Gasteiger partial charge >= 0.3 is 23.9 Å². The van der Waals surface area contributed by atoms with Gasteiger partial charge in [-0.05, 0) is 0 Å². The Morgan fingerprint density at radius 1 is 0.762 bits per heavy atom. The molecule has 0 radical (unpaired) electrons. The Kier molecular flexibility index (Phi) is 6.22. The first-order valence-corrected chi connectivity index (χ1v) is 5.55. The second kappa shape index (κ2) is 6.97. The summed E-state index contributed by atoms with van der Waals surface area (Å²) in [5.41, 5.74) is 2.37. The Balaban J connectivity index is 5.94. The summed E-state index contributed by atoms with van der Waals surface area (Å²) in [7, 11) is 0. The molecule has 0 aromatic carbocycles. The topological polar surface area (TPSA) is 207 Å². The molecule has 0 amide bonds. The maximum Gasteiger partial charge on any atom is 0.305 e. The predicted molar refractivity (Wildman–Crippen MR) is 63.6 cm³/mol. The van der Waals surface area contributed by atoms with Crippen LogP contribution < -0.4 is 11.2 Å². The molecule has 0 unspecified atom stereocenters. The highest BCUT2D eigenvalue weighted by Gasteiger charge is 2.54. The van der Waals surface area contributed by atoms with Crippen LogP contribution >= 0.6 is 0 Å². The number of hydrogen-bond acceptors (Lipinski definition) is 7. The molecule has 0 saturated heterocycles. The number of hydrogen-bond donors (Lipinski definition) is 7. The van der Waals surface area contributed by atoms with Gasteiger partial charge in [-0.1, -0.05) is 0 Å². The van der Waals surface area contributed by atoms with E-state index in [1.807, 2.05) is 0 Å². The van der Waals surface area contributed by atoms with Crippen molar-refractivity contribution in [3.05, 3.63) is 0 Å². The lowest BCUT2D eigenvalue weighted by Gasteiger charge is -2.44. The van der Waals surface area contributed by atoms with Gasteiger partial charge in [-0.15, -0.1) is 0 Å². The zero-order valence-electron chi connectivity index (χ0n) is 10.8. The van der Waals surface area contributed by atoms with Crippen LogP contribution in [0.2, 0.25) is 0 Å². The maximum absolute atomic E-state index is 10.9. The van der Waals surface area contributed by atoms with Crippen molar-refractivity contribution in [3.8, 4) is 0 Å². The molecule has 0 saturated carbocycles. The molecule has 21 heavy (non-hydrogen) atoms. The van der Waals surface area contributed by atoms with Crippen LogP contribution in [0, 0.1) is 0 Å². The number of carboxylic acids is 4. The molecule has 0 aromatic rings. The second-order valence-corrected chi connectivity index (χ2v) is 4.63. The molecule has 0 rings (SSSR count). The van der Waals surface area contributed by atoms with Crippen molar-refractivity contribution in [1.29, 1.82) is 0 Å². The minimum atomic E-state index is -2.37. The van der Waals surface area contributed by atoms with E-state index in [-0.39, 0.29) is 0 Å². The standard InChI is InChI=1S/C10H16N2O9/c11-9(1-5(13)14,2-6(15)16)10(12-21,3-7(17)18)4-8(19)20/h12,21H,1-4,11H2,(H,13,14)(H,15,16)(H,17,18)(H,19,20). The van der Waals surface area contributed by atoms with E-state index in [0.29, 0.717) is 0 Å². The quantitative estimate of drug-likeness (QED) is 0.226. The van der Waals surface area contributed by atoms with Crippen LogP contribution in [0.25, 0.3) is 0 Å². The molecular formula is C10H16N2O9. The lowest BCUT2D eigenvalue weighted by Crippen LogP contribution is -2.69. The van der Waals surface area contributed by atoms with Crippen LogP contribution in [0.5, 0.6) is 0 Å². The number of hydroxylamine groups is 1. The molecule has 0 heterocycles. The van der Waals surface area contributed by atoms with E-state index in [9.17, 15) is 24.4 Å². The summed E-state index contributed by atoms with van der Waals surface area (Å²) in [6.45, 7) is 0. The van der Waals surface area contributed by atoms with Gasteiger partial charge in [0.2, 0.25) is 0 Å². The van der Waals surface area contributed by atoms with Crippen LogP contribution in [0.3, 0.4) is 0 Å². The Labute approximate surface area is 117 Å². The van der Waals surface area contributed by atoms with Gasteiger partial charge in [0.05, 0.1) is 36.8 Å². The first-order valence-electron chi connectivity index (χ1n) is 5.55. The van der Waals surface area contributed by atoms with Crippen LogP contribution in [0.4, 0.5) is 0 Å². The van der Waals surface area contributed by atoms with Crippen LogP contribution in [-0.2, 0) is 19.2 Å². The molecular weight excluding hydrogens is 292 g/mol. The summed E-state index contributed by atoms with van der Waals surface area (Å²) in [5.74, 6) is -6.34. The van der Waals surface area contributed by atoms with Crippen molar-refractivity contribution >= 4 is 23.9 Å². The van der Waals surface area contributed by atoms with Gasteiger partial charge in [0.25, 0.3) is 0 Å². The molecule has 0 aliphatic rings. The first-order chi connectivity index (χ1) is 9.48. The molecule has 11 nitrogen and oxygen atoms in total. The first kappa shape index (κ1) is 18.8. The SMILES string of the molecule is NC(CC(=O)O)(CC(=O)O)C(CC(=O)O)(CC(=O)O)NO. The summed E-state index contributed by atoms with van der Waals surface area (Å²) in [6, 6.07) is 0. The molecule has 0 spiro atoms. The van der Waals surface area contributed by atoms with Crippen molar-refractivity contribution in [2.45, 2.75) is 36.8 Å². The van der Waals surface area contributed by atoms with Gasteiger partial charge in [0.15, 0.2) is 0 Å². The lowest BCUT2D eigenvalue weighted by atomic mass is 9.69. The molecule has 0 bridgehead atoms. The van der Waals surface area contributed by atoms with E-state index in [0.717, 1.165) is 0 Å². The van der Waals surface area contributed by atoms with Crippen molar-refractivity contribution in [2.24, 2.45) is 5.73 Å². The minimum absolute atomic E-state index is 1.06. The third-order valence-corrected chi connectivity index (χ3v) is 3.01. The Morgan fingerprint density at radius 3 is 1.24 bits per heavy atom. The number of nitrogens with one attached hydrogen (secondary N) is 1. The van der Waals surface area contributed by atoms with Crippen molar-refractivity contribution in [2.75, 3.05) is 0 Å². The molecule has 0 fully saturated rings. The van der Waals surface area contributed by atoms with Gasteiger partial charge in [0.1, 0.15) is 0 Å². The summed E-state index contributed by atoms with van der Waals surface area (Å²) >= 11 is 0. The van der Waals surface area contributed by atoms with E-state index < -0.39 is 60.6 Å². The number of aliphatic carboxylic acids is 4. The molecule has 0 aliphatic heterocycles. The molecule has 0 aromatic heterocycles. The van der Waals surface area contributed by atoms with Crippen molar-refractivity contribution in [3.63, 3.8) is 0 Å². The molecule has 11 heteroatoms. The highest BCUT2D eigenvalue weighted by Crippen LogP contribution is 2.33. The average Bonchev–Trinajstić information content (AvgIpc) is 2.23. The maximum atomic E-state index is 10.9. The van der Waals surface area contributed by atoms with Crippen molar-refractivity contribution in [1.82, 2.24) is 5.48 Å². The Bertz CT molecular complexity index is 416. The molecule has 8 N–H and O–H groups in total. The number of carbonyl (C=O) groups is 4. The minimum Gasteiger partial charge on any atom is -0.481 e. The summed E-state index contributed by atoms with van der Waals surface area (Å²) < 4.78 is 0. The smallest absolute Gasteiger partial charge is 0.305 e. The van der Waals surface area contributed by atoms with E-state index in [1.165, 1.54) is 5.48 Å². The van der Waals surface area contributed by atoms with Crippen LogP contribution in [-0.4, -0.2) is 60.6 Å². The number of nitrogens with two attached hydrogens (primary N) is 1. The third kappa shape index (κ3) is 4.98. The highest BCUT2D eigenvalue weighted by molar-refractivity contribution is 5.78. The normalized spacial score (nSPS) is 11.9. The fourth-order valence-corrected chi connectivity index (χ4v) is 2.06. The summed E-state index contributed by atoms with van der Waals surface area (Å²) in [4.78, 5) is 43.5. The lowest BCUT2D eigenvalue weighted by molar-refractivity contribution is -0.155. The third-order valence-electron chi connectivity index (χ3n) is 3.01. The van der Waals surface area contributed by atoms with E-state index in [1.54, 1.807) is 0 Å². The zero-order chi connectivity index (χ0) is 16.8. The van der Waals surface area contributed by atoms with E-state index in [2.05, 4.69) is 0 Å². The van der Waals surface area contributed by atoms with Gasteiger partial charge in [0, 0.05) is 0 Å². The summed E-state index contributed by atoms with van der Waals surface area (Å²) in [6.07, 6.45) is -4.31. The van der Waals surface area contributed by atoms with Crippen LogP contribution in [0.1, 0.15) is 25.7 Å². The van der Waals surface area contributed by atoms with E-state index >= 15 is 0 Å². The van der Waals surface area contributed by atoms with Crippen molar-refractivity contribution < 1.29 is 44.8 Å². The van der Waals surface area contributed by atoms with Gasteiger partial charge in [-0.25, -0.2) is 0 Å². The monoisotopic (exact) mass is 308 g/mol. The Morgan fingerprint density at radius 2 is 1.05 bits per heavy atom. The van der Waals surface area contributed by atoms with Crippen LogP contribution in [0.15, 0.2) is 0 Å². The average molecular weight is 308 g/mol. The Hall–Kier alpha value is -2.24. The number of rotatable bonds is 10. The highest BCUT2D eigenvalue weighted by atomic mass is 16.5. The van der Waals surface area contributed by atoms with Gasteiger partial charge in [-0.3, -0.25) is 19.2 Å². The number of carboxylic acid groups (broad SMARTS) is 4. The molecule has 120 valence electrons. The predicted octanol–water partition coefficient (Wildman–Crippen LogP) is -1.70. The molecule has 0 aliphatic carbocycles. The molecule has 0 atom stereocenters. The fourth-order valence-electron chi connectivity index (χ4n) is 2.06. The zero-order valence-corrected chi connectivity index (χ0v) is 10.8. The summed E-state index contributed by atoms with van der Waals surface area (Å²) in [5, 5.41) is 44.5. The van der Waals surface area contributed by atoms with Gasteiger partial charge in [-0.2, -0.15) is 5.48 Å². The fraction of sp³-hybridized carbons (Fsp3) is 0.600.